The van der Waals surface area contributed by atoms with E-state index in [1.54, 1.807) is 18.3 Å². The zero-order valence-corrected chi connectivity index (χ0v) is 14.4. The van der Waals surface area contributed by atoms with Crippen LogP contribution in [0.1, 0.15) is 40.2 Å². The Hall–Kier alpha value is -0.980. The van der Waals surface area contributed by atoms with Crippen LogP contribution in [0, 0.1) is 11.3 Å². The summed E-state index contributed by atoms with van der Waals surface area (Å²) in [6, 6.07) is 3.34. The van der Waals surface area contributed by atoms with Gasteiger partial charge >= 0.3 is 0 Å². The highest BCUT2D eigenvalue weighted by molar-refractivity contribution is 7.89. The molecule has 1 rings (SSSR count). The fraction of sp³-hybridized carbons (Fsp3) is 0.667. The van der Waals surface area contributed by atoms with Crippen molar-refractivity contribution < 1.29 is 8.42 Å². The lowest BCUT2D eigenvalue weighted by Gasteiger charge is -2.27. The molecule has 0 aliphatic carbocycles. The zero-order valence-electron chi connectivity index (χ0n) is 13.6. The monoisotopic (exact) mass is 313 g/mol. The number of pyridine rings is 1. The summed E-state index contributed by atoms with van der Waals surface area (Å²) >= 11 is 0. The van der Waals surface area contributed by atoms with Crippen LogP contribution in [-0.2, 0) is 16.6 Å². The first-order valence-corrected chi connectivity index (χ1v) is 8.80. The average molecular weight is 313 g/mol. The molecule has 21 heavy (non-hydrogen) atoms. The van der Waals surface area contributed by atoms with Gasteiger partial charge in [0.15, 0.2) is 5.03 Å². The predicted octanol–water partition coefficient (Wildman–Crippen LogP) is 2.15. The first-order valence-electron chi connectivity index (χ1n) is 7.32. The van der Waals surface area contributed by atoms with Crippen molar-refractivity contribution in [2.75, 3.05) is 13.1 Å². The SMILES string of the molecule is CCNCc1ccc(S(=O)(=O)NCC(C)C(C)(C)C)nc1. The maximum Gasteiger partial charge on any atom is 0.258 e. The third kappa shape index (κ3) is 5.73. The number of hydrogen-bond donors (Lipinski definition) is 2. The van der Waals surface area contributed by atoms with Gasteiger partial charge in [-0.15, -0.1) is 0 Å². The maximum atomic E-state index is 12.2. The molecule has 0 aromatic carbocycles. The van der Waals surface area contributed by atoms with Crippen molar-refractivity contribution in [2.24, 2.45) is 11.3 Å². The summed E-state index contributed by atoms with van der Waals surface area (Å²) in [6.07, 6.45) is 1.60. The molecule has 1 atom stereocenters. The largest absolute Gasteiger partial charge is 0.313 e. The maximum absolute atomic E-state index is 12.2. The Labute approximate surface area is 128 Å². The standard InChI is InChI=1S/C15H27N3O2S/c1-6-16-10-13-7-8-14(17-11-13)21(19,20)18-9-12(2)15(3,4)5/h7-8,11-12,16,18H,6,9-10H2,1-5H3. The zero-order chi connectivity index (χ0) is 16.1. The molecule has 1 unspecified atom stereocenters. The van der Waals surface area contributed by atoms with Crippen LogP contribution in [-0.4, -0.2) is 26.5 Å². The highest BCUT2D eigenvalue weighted by atomic mass is 32.2. The quantitative estimate of drug-likeness (QED) is 0.809. The normalized spacial score (nSPS) is 14.1. The second-order valence-electron chi connectivity index (χ2n) is 6.40. The van der Waals surface area contributed by atoms with E-state index in [4.69, 9.17) is 0 Å². The van der Waals surface area contributed by atoms with Crippen LogP contribution in [0.3, 0.4) is 0 Å². The van der Waals surface area contributed by atoms with Gasteiger partial charge in [-0.2, -0.15) is 0 Å². The average Bonchev–Trinajstić information content (AvgIpc) is 2.42. The lowest BCUT2D eigenvalue weighted by molar-refractivity contribution is 0.263. The van der Waals surface area contributed by atoms with Gasteiger partial charge in [0.2, 0.25) is 0 Å². The molecule has 120 valence electrons. The highest BCUT2D eigenvalue weighted by Crippen LogP contribution is 2.24. The highest BCUT2D eigenvalue weighted by Gasteiger charge is 2.23. The number of nitrogens with one attached hydrogen (secondary N) is 2. The van der Waals surface area contributed by atoms with Gasteiger partial charge < -0.3 is 5.32 Å². The van der Waals surface area contributed by atoms with Crippen LogP contribution < -0.4 is 10.0 Å². The van der Waals surface area contributed by atoms with E-state index in [0.717, 1.165) is 12.1 Å². The molecular formula is C15H27N3O2S. The van der Waals surface area contributed by atoms with Gasteiger partial charge in [0.05, 0.1) is 0 Å². The molecule has 2 N–H and O–H groups in total. The molecule has 1 aromatic heterocycles. The van der Waals surface area contributed by atoms with Crippen LogP contribution in [0.2, 0.25) is 0 Å². The van der Waals surface area contributed by atoms with Crippen LogP contribution in [0.25, 0.3) is 0 Å². The van der Waals surface area contributed by atoms with E-state index in [1.165, 1.54) is 0 Å². The van der Waals surface area contributed by atoms with Crippen molar-refractivity contribution in [3.63, 3.8) is 0 Å². The fourth-order valence-corrected chi connectivity index (χ4v) is 2.61. The van der Waals surface area contributed by atoms with E-state index in [2.05, 4.69) is 35.8 Å². The molecule has 0 aliphatic heterocycles. The van der Waals surface area contributed by atoms with Gasteiger partial charge in [0.1, 0.15) is 0 Å². The summed E-state index contributed by atoms with van der Waals surface area (Å²) in [4.78, 5) is 4.05. The van der Waals surface area contributed by atoms with Crippen LogP contribution in [0.15, 0.2) is 23.4 Å². The van der Waals surface area contributed by atoms with Crippen molar-refractivity contribution in [1.82, 2.24) is 15.0 Å². The Kier molecular flexibility index (Phi) is 6.31. The Balaban J connectivity index is 2.70. The molecule has 0 radical (unpaired) electrons. The minimum absolute atomic E-state index is 0.0611. The number of nitrogens with zero attached hydrogens (tertiary/aromatic N) is 1. The molecule has 1 heterocycles. The third-order valence-electron chi connectivity index (χ3n) is 3.71. The van der Waals surface area contributed by atoms with E-state index in [1.807, 2.05) is 13.8 Å². The predicted molar refractivity (Wildman–Crippen MR) is 85.4 cm³/mol. The van der Waals surface area contributed by atoms with Gasteiger partial charge in [0.25, 0.3) is 10.0 Å². The number of aromatic nitrogens is 1. The van der Waals surface area contributed by atoms with Gasteiger partial charge in [-0.25, -0.2) is 18.1 Å². The number of rotatable bonds is 7. The topological polar surface area (TPSA) is 71.1 Å². The second kappa shape index (κ2) is 7.33. The molecule has 6 heteroatoms. The lowest BCUT2D eigenvalue weighted by atomic mass is 9.82. The molecule has 1 aromatic rings. The summed E-state index contributed by atoms with van der Waals surface area (Å²) < 4.78 is 27.0. The van der Waals surface area contributed by atoms with Crippen molar-refractivity contribution in [2.45, 2.75) is 46.2 Å². The van der Waals surface area contributed by atoms with E-state index in [0.29, 0.717) is 13.1 Å². The lowest BCUT2D eigenvalue weighted by Crippen LogP contribution is -2.34. The molecule has 0 bridgehead atoms. The van der Waals surface area contributed by atoms with Crippen LogP contribution >= 0.6 is 0 Å². The Morgan fingerprint density at radius 2 is 1.95 bits per heavy atom. The summed E-state index contributed by atoms with van der Waals surface area (Å²) in [5, 5.41) is 3.25. The second-order valence-corrected chi connectivity index (χ2v) is 8.12. The van der Waals surface area contributed by atoms with E-state index in [9.17, 15) is 8.42 Å². The molecule has 0 spiro atoms. The summed E-state index contributed by atoms with van der Waals surface area (Å²) in [6.45, 7) is 12.3. The molecule has 0 saturated heterocycles. The van der Waals surface area contributed by atoms with Gasteiger partial charge in [-0.05, 0) is 29.5 Å². The van der Waals surface area contributed by atoms with Gasteiger partial charge in [-0.3, -0.25) is 0 Å². The van der Waals surface area contributed by atoms with E-state index < -0.39 is 10.0 Å². The fourth-order valence-electron chi connectivity index (χ4n) is 1.56. The minimum Gasteiger partial charge on any atom is -0.313 e. The molecular weight excluding hydrogens is 286 g/mol. The Morgan fingerprint density at radius 3 is 2.43 bits per heavy atom. The summed E-state index contributed by atoms with van der Waals surface area (Å²) in [7, 11) is -3.53. The molecule has 5 nitrogen and oxygen atoms in total. The number of sulfonamides is 1. The van der Waals surface area contributed by atoms with Crippen molar-refractivity contribution in [3.8, 4) is 0 Å². The van der Waals surface area contributed by atoms with Gasteiger partial charge in [-0.1, -0.05) is 40.7 Å². The molecule has 0 fully saturated rings. The summed E-state index contributed by atoms with van der Waals surface area (Å²) in [5.74, 6) is 0.236. The minimum atomic E-state index is -3.53. The van der Waals surface area contributed by atoms with Crippen LogP contribution in [0.5, 0.6) is 0 Å². The first kappa shape index (κ1) is 18.1. The van der Waals surface area contributed by atoms with Crippen molar-refractivity contribution in [3.05, 3.63) is 23.9 Å². The van der Waals surface area contributed by atoms with Crippen LogP contribution in [0.4, 0.5) is 0 Å². The van der Waals surface area contributed by atoms with Gasteiger partial charge in [0, 0.05) is 19.3 Å². The summed E-state index contributed by atoms with van der Waals surface area (Å²) in [5.41, 5.74) is 1.03. The molecule has 0 saturated carbocycles. The Bertz CT molecular complexity index is 533. The molecule has 0 amide bonds. The van der Waals surface area contributed by atoms with E-state index in [-0.39, 0.29) is 16.4 Å². The van der Waals surface area contributed by atoms with Crippen molar-refractivity contribution >= 4 is 10.0 Å². The number of hydrogen-bond acceptors (Lipinski definition) is 4. The first-order chi connectivity index (χ1) is 9.66. The Morgan fingerprint density at radius 1 is 1.29 bits per heavy atom. The smallest absolute Gasteiger partial charge is 0.258 e. The van der Waals surface area contributed by atoms with Crippen molar-refractivity contribution in [1.29, 1.82) is 0 Å². The third-order valence-corrected chi connectivity index (χ3v) is 5.05. The molecule has 0 aliphatic rings. The van der Waals surface area contributed by atoms with E-state index >= 15 is 0 Å².